The van der Waals surface area contributed by atoms with E-state index in [1.54, 1.807) is 19.2 Å². The van der Waals surface area contributed by atoms with Crippen LogP contribution in [-0.2, 0) is 11.8 Å². The van der Waals surface area contributed by atoms with Gasteiger partial charge in [-0.1, -0.05) is 72.8 Å². The summed E-state index contributed by atoms with van der Waals surface area (Å²) in [5.41, 5.74) is 0.426. The third kappa shape index (κ3) is 7.46. The molecule has 5 nitrogen and oxygen atoms in total. The van der Waals surface area contributed by atoms with Crippen molar-refractivity contribution in [2.45, 2.75) is 18.8 Å². The predicted octanol–water partition coefficient (Wildman–Crippen LogP) is 13.4. The highest BCUT2D eigenvalue weighted by Gasteiger charge is 2.44. The van der Waals surface area contributed by atoms with E-state index in [0.717, 1.165) is 64.6 Å². The molecule has 0 spiro atoms. The van der Waals surface area contributed by atoms with E-state index in [1.807, 2.05) is 48.5 Å². The van der Waals surface area contributed by atoms with Crippen LogP contribution in [0.4, 0.5) is 35.1 Å². The molecule has 0 saturated heterocycles. The molecule has 8 aromatic rings. The molecule has 0 saturated carbocycles. The molecule has 0 aromatic heterocycles. The zero-order chi connectivity index (χ0) is 47.3. The van der Waals surface area contributed by atoms with Gasteiger partial charge < -0.3 is 14.2 Å². The number of carbonyl (C=O) groups excluding carboxylic acids is 2. The maximum absolute atomic E-state index is 15.7. The summed E-state index contributed by atoms with van der Waals surface area (Å²) in [5, 5.41) is 0. The smallest absolute Gasteiger partial charge is 0.205 e. The van der Waals surface area contributed by atoms with Crippen LogP contribution >= 0.6 is 0 Å². The minimum absolute atomic E-state index is 0.0373. The number of rotatable bonds is 11. The van der Waals surface area contributed by atoms with Crippen LogP contribution in [0.5, 0.6) is 28.7 Å². The molecule has 0 atom stereocenters. The summed E-state index contributed by atoms with van der Waals surface area (Å²) in [6.45, 7) is 0.818. The standard InChI is InChI=1S/C54H32F8O5/c1-28-43(55)45(57)41(46(58)44(28)56)51(63)29-11-19-36(20-12-29)66-37-21-13-30(14-22-37)52(64)42-47(59)49(61)53(50(62)48(42)60)67-38-25-17-34(18-26-38)54(33-15-23-35(65-2)24-16-33)39-9-5-3-7-31(39)27-32-8-4-6-10-40(32)54/h3-26H,27H2,1-2H3. The van der Waals surface area contributed by atoms with Crippen molar-refractivity contribution in [3.63, 3.8) is 0 Å². The van der Waals surface area contributed by atoms with Gasteiger partial charge in [-0.3, -0.25) is 9.59 Å². The van der Waals surface area contributed by atoms with Crippen molar-refractivity contribution in [2.24, 2.45) is 0 Å². The van der Waals surface area contributed by atoms with Crippen molar-refractivity contribution >= 4 is 11.6 Å². The number of methoxy groups -OCH3 is 1. The van der Waals surface area contributed by atoms with Gasteiger partial charge in [0.15, 0.2) is 46.5 Å². The molecule has 0 amide bonds. The molecular weight excluding hydrogens is 881 g/mol. The number of halogens is 8. The van der Waals surface area contributed by atoms with Gasteiger partial charge in [-0.2, -0.15) is 8.78 Å². The lowest BCUT2D eigenvalue weighted by molar-refractivity contribution is 0.102. The third-order valence-electron chi connectivity index (χ3n) is 11.9. The first-order valence-corrected chi connectivity index (χ1v) is 20.5. The monoisotopic (exact) mass is 912 g/mol. The van der Waals surface area contributed by atoms with Gasteiger partial charge in [0.2, 0.25) is 17.4 Å². The van der Waals surface area contributed by atoms with Crippen LogP contribution in [-0.4, -0.2) is 18.7 Å². The minimum Gasteiger partial charge on any atom is -0.497 e. The highest BCUT2D eigenvalue weighted by atomic mass is 19.2. The lowest BCUT2D eigenvalue weighted by atomic mass is 9.60. The van der Waals surface area contributed by atoms with Crippen molar-refractivity contribution in [3.05, 3.63) is 253 Å². The summed E-state index contributed by atoms with van der Waals surface area (Å²) in [6, 6.07) is 39.1. The van der Waals surface area contributed by atoms with Gasteiger partial charge in [-0.25, -0.2) is 26.3 Å². The Morgan fingerprint density at radius 1 is 0.433 bits per heavy atom. The predicted molar refractivity (Wildman–Crippen MR) is 231 cm³/mol. The van der Waals surface area contributed by atoms with E-state index in [9.17, 15) is 27.2 Å². The van der Waals surface area contributed by atoms with Gasteiger partial charge in [0.05, 0.1) is 12.5 Å². The molecule has 0 heterocycles. The van der Waals surface area contributed by atoms with Gasteiger partial charge in [0.1, 0.15) is 34.1 Å². The molecule has 0 fully saturated rings. The van der Waals surface area contributed by atoms with Crippen molar-refractivity contribution < 1.29 is 58.9 Å². The Balaban J connectivity index is 0.956. The van der Waals surface area contributed by atoms with Crippen LogP contribution in [0, 0.1) is 53.5 Å². The molecule has 13 heteroatoms. The number of ketones is 2. The Labute approximate surface area is 377 Å². The van der Waals surface area contributed by atoms with Crippen LogP contribution in [0.25, 0.3) is 0 Å². The summed E-state index contributed by atoms with van der Waals surface area (Å²) in [4.78, 5) is 26.1. The number of ether oxygens (including phenoxy) is 3. The van der Waals surface area contributed by atoms with Crippen LogP contribution < -0.4 is 14.2 Å². The van der Waals surface area contributed by atoms with Gasteiger partial charge in [-0.15, -0.1) is 0 Å². The topological polar surface area (TPSA) is 61.8 Å². The molecule has 0 bridgehead atoms. The second kappa shape index (κ2) is 17.4. The van der Waals surface area contributed by atoms with E-state index in [0.29, 0.717) is 12.2 Å². The maximum Gasteiger partial charge on any atom is 0.205 e. The van der Waals surface area contributed by atoms with Gasteiger partial charge in [-0.05, 0) is 120 Å². The molecule has 0 aliphatic heterocycles. The van der Waals surface area contributed by atoms with Crippen LogP contribution in [0.15, 0.2) is 146 Å². The minimum atomic E-state index is -1.99. The molecule has 1 aliphatic rings. The summed E-state index contributed by atoms with van der Waals surface area (Å²) in [6.07, 6.45) is 0.685. The molecule has 0 radical (unpaired) electrons. The molecular formula is C54H32F8O5. The summed E-state index contributed by atoms with van der Waals surface area (Å²) >= 11 is 0. The molecule has 0 unspecified atom stereocenters. The average molecular weight is 913 g/mol. The van der Waals surface area contributed by atoms with E-state index in [4.69, 9.17) is 14.2 Å². The fraction of sp³-hybridized carbons (Fsp3) is 0.0741. The molecule has 9 rings (SSSR count). The fourth-order valence-electron chi connectivity index (χ4n) is 8.57. The number of hydrogen-bond donors (Lipinski definition) is 0. The molecule has 67 heavy (non-hydrogen) atoms. The van der Waals surface area contributed by atoms with Crippen LogP contribution in [0.2, 0.25) is 0 Å². The molecule has 334 valence electrons. The Kier molecular flexibility index (Phi) is 11.5. The largest absolute Gasteiger partial charge is 0.497 e. The lowest BCUT2D eigenvalue weighted by Crippen LogP contribution is -2.36. The number of carbonyl (C=O) groups is 2. The van der Waals surface area contributed by atoms with Crippen molar-refractivity contribution in [1.29, 1.82) is 0 Å². The van der Waals surface area contributed by atoms with Crippen molar-refractivity contribution in [1.82, 2.24) is 0 Å². The lowest BCUT2D eigenvalue weighted by Gasteiger charge is -2.42. The molecule has 8 aromatic carbocycles. The van der Waals surface area contributed by atoms with Crippen LogP contribution in [0.3, 0.4) is 0 Å². The summed E-state index contributed by atoms with van der Waals surface area (Å²) in [7, 11) is 1.57. The van der Waals surface area contributed by atoms with Gasteiger partial charge >= 0.3 is 0 Å². The first-order valence-electron chi connectivity index (χ1n) is 20.5. The van der Waals surface area contributed by atoms with E-state index >= 15 is 17.6 Å². The summed E-state index contributed by atoms with van der Waals surface area (Å²) in [5.74, 6) is -18.5. The number of fused-ring (bicyclic) bond motifs is 2. The second-order valence-corrected chi connectivity index (χ2v) is 15.6. The SMILES string of the molecule is COc1ccc(C2(c3ccc(Oc4c(F)c(F)c(C(=O)c5ccc(Oc6ccc(C(=O)c7c(F)c(F)c(C)c(F)c7F)cc6)cc5)c(F)c4F)cc3)c3ccccc3Cc3ccccc32)cc1. The van der Waals surface area contributed by atoms with Crippen molar-refractivity contribution in [3.8, 4) is 28.7 Å². The Hall–Kier alpha value is -8.06. The normalized spacial score (nSPS) is 12.5. The average Bonchev–Trinajstić information content (AvgIpc) is 3.36. The maximum atomic E-state index is 15.7. The summed E-state index contributed by atoms with van der Waals surface area (Å²) < 4.78 is 136. The number of benzene rings is 8. The quantitative estimate of drug-likeness (QED) is 0.0735. The van der Waals surface area contributed by atoms with Crippen molar-refractivity contribution in [2.75, 3.05) is 7.11 Å². The Morgan fingerprint density at radius 2 is 0.791 bits per heavy atom. The van der Waals surface area contributed by atoms with E-state index in [1.165, 1.54) is 36.4 Å². The fourth-order valence-corrected chi connectivity index (χ4v) is 8.57. The van der Waals surface area contributed by atoms with Crippen LogP contribution in [0.1, 0.15) is 70.8 Å². The Bertz CT molecular complexity index is 3160. The highest BCUT2D eigenvalue weighted by molar-refractivity contribution is 6.10. The first kappa shape index (κ1) is 44.2. The molecule has 1 aliphatic carbocycles. The third-order valence-corrected chi connectivity index (χ3v) is 11.9. The number of hydrogen-bond acceptors (Lipinski definition) is 5. The van der Waals surface area contributed by atoms with E-state index < -0.39 is 86.0 Å². The zero-order valence-electron chi connectivity index (χ0n) is 35.1. The van der Waals surface area contributed by atoms with Gasteiger partial charge in [0, 0.05) is 16.7 Å². The van der Waals surface area contributed by atoms with E-state index in [2.05, 4.69) is 24.3 Å². The Morgan fingerprint density at radius 3 is 1.21 bits per heavy atom. The zero-order valence-corrected chi connectivity index (χ0v) is 35.1. The molecule has 0 N–H and O–H groups in total. The van der Waals surface area contributed by atoms with Gasteiger partial charge in [0.25, 0.3) is 0 Å². The first-order chi connectivity index (χ1) is 32.2. The highest BCUT2D eigenvalue weighted by Crippen LogP contribution is 2.51. The second-order valence-electron chi connectivity index (χ2n) is 15.6. The van der Waals surface area contributed by atoms with E-state index in [-0.39, 0.29) is 28.4 Å².